The second-order valence-corrected chi connectivity index (χ2v) is 6.35. The van der Waals surface area contributed by atoms with Gasteiger partial charge in [0.15, 0.2) is 18.2 Å². The number of aryl methyl sites for hydroxylation is 1. The van der Waals surface area contributed by atoms with E-state index in [1.165, 1.54) is 6.07 Å². The number of para-hydroxylation sites is 1. The van der Waals surface area contributed by atoms with Crippen molar-refractivity contribution in [2.75, 3.05) is 18.5 Å². The summed E-state index contributed by atoms with van der Waals surface area (Å²) < 4.78 is 16.2. The number of nitrogens with zero attached hydrogens (tertiary/aromatic N) is 3. The number of amides is 1. The molecule has 0 radical (unpaired) electrons. The fraction of sp³-hybridized carbons (Fsp3) is 0.211. The third-order valence-corrected chi connectivity index (χ3v) is 4.02. The van der Waals surface area contributed by atoms with Gasteiger partial charge >= 0.3 is 5.97 Å². The summed E-state index contributed by atoms with van der Waals surface area (Å²) in [4.78, 5) is 37.0. The van der Waals surface area contributed by atoms with E-state index in [0.717, 1.165) is 10.7 Å². The van der Waals surface area contributed by atoms with Crippen molar-refractivity contribution in [2.24, 2.45) is 0 Å². The first-order valence-electron chi connectivity index (χ1n) is 8.81. The van der Waals surface area contributed by atoms with Crippen molar-refractivity contribution in [3.8, 4) is 11.4 Å². The van der Waals surface area contributed by atoms with Gasteiger partial charge in [-0.25, -0.2) is 4.79 Å². The number of nitrogens with one attached hydrogen (secondary N) is 1. The highest BCUT2D eigenvalue weighted by atomic mass is 35.5. The molecule has 0 spiro atoms. The number of halogens is 1. The van der Waals surface area contributed by atoms with Gasteiger partial charge in [0.25, 0.3) is 11.5 Å². The molecule has 1 aromatic carbocycles. The Bertz CT molecular complexity index is 1140. The molecule has 10 nitrogen and oxygen atoms in total. The Morgan fingerprint density at radius 3 is 2.70 bits per heavy atom. The van der Waals surface area contributed by atoms with E-state index in [2.05, 4.69) is 15.6 Å². The summed E-state index contributed by atoms with van der Waals surface area (Å²) in [6, 6.07) is 9.06. The first kappa shape index (κ1) is 21.1. The molecular formula is C19H17ClN4O6. The molecule has 2 heterocycles. The van der Waals surface area contributed by atoms with Crippen molar-refractivity contribution in [3.05, 3.63) is 63.2 Å². The highest BCUT2D eigenvalue weighted by molar-refractivity contribution is 6.32. The van der Waals surface area contributed by atoms with Crippen LogP contribution >= 0.6 is 11.6 Å². The SMILES string of the molecule is CCOC(=O)c1nn(-c2ccccc2Cl)c(=O)cc1OCC(=O)Nc1cc(C)on1. The van der Waals surface area contributed by atoms with E-state index >= 15 is 0 Å². The zero-order valence-corrected chi connectivity index (χ0v) is 16.8. The maximum Gasteiger partial charge on any atom is 0.362 e. The number of hydrogen-bond donors (Lipinski definition) is 1. The molecule has 0 unspecified atom stereocenters. The van der Waals surface area contributed by atoms with Crippen molar-refractivity contribution < 1.29 is 23.6 Å². The monoisotopic (exact) mass is 432 g/mol. The molecule has 11 heteroatoms. The fourth-order valence-electron chi connectivity index (χ4n) is 2.43. The molecule has 0 atom stereocenters. The van der Waals surface area contributed by atoms with Crippen LogP contribution in [0.3, 0.4) is 0 Å². The Hall–Kier alpha value is -3.66. The average molecular weight is 433 g/mol. The van der Waals surface area contributed by atoms with Gasteiger partial charge < -0.3 is 19.3 Å². The molecule has 1 N–H and O–H groups in total. The molecule has 0 aliphatic heterocycles. The summed E-state index contributed by atoms with van der Waals surface area (Å²) in [6.45, 7) is 2.87. The molecule has 0 fully saturated rings. The quantitative estimate of drug-likeness (QED) is 0.564. The topological polar surface area (TPSA) is 126 Å². The van der Waals surface area contributed by atoms with Crippen LogP contribution in [0.25, 0.3) is 5.69 Å². The molecule has 0 saturated heterocycles. The molecule has 0 saturated carbocycles. The highest BCUT2D eigenvalue weighted by Gasteiger charge is 2.21. The smallest absolute Gasteiger partial charge is 0.362 e. The predicted molar refractivity (Wildman–Crippen MR) is 106 cm³/mol. The van der Waals surface area contributed by atoms with Crippen LogP contribution in [0.4, 0.5) is 5.82 Å². The number of esters is 1. The van der Waals surface area contributed by atoms with Crippen LogP contribution in [0.5, 0.6) is 5.75 Å². The van der Waals surface area contributed by atoms with Gasteiger partial charge in [-0.1, -0.05) is 28.9 Å². The van der Waals surface area contributed by atoms with Crippen LogP contribution in [-0.2, 0) is 9.53 Å². The minimum absolute atomic E-state index is 0.0805. The summed E-state index contributed by atoms with van der Waals surface area (Å²) in [7, 11) is 0. The van der Waals surface area contributed by atoms with Gasteiger partial charge in [-0.3, -0.25) is 9.59 Å². The van der Waals surface area contributed by atoms with Gasteiger partial charge in [0, 0.05) is 6.07 Å². The van der Waals surface area contributed by atoms with Crippen LogP contribution in [0, 0.1) is 6.92 Å². The molecule has 3 aromatic rings. The van der Waals surface area contributed by atoms with E-state index < -0.39 is 24.0 Å². The largest absolute Gasteiger partial charge is 0.481 e. The predicted octanol–water partition coefficient (Wildman–Crippen LogP) is 2.38. The number of rotatable bonds is 7. The molecule has 1 amide bonds. The van der Waals surface area contributed by atoms with Crippen molar-refractivity contribution in [3.63, 3.8) is 0 Å². The fourth-order valence-corrected chi connectivity index (χ4v) is 2.65. The van der Waals surface area contributed by atoms with Crippen molar-refractivity contribution in [2.45, 2.75) is 13.8 Å². The van der Waals surface area contributed by atoms with Crippen LogP contribution in [0.15, 0.2) is 45.7 Å². The second-order valence-electron chi connectivity index (χ2n) is 5.94. The third kappa shape index (κ3) is 4.84. The Morgan fingerprint density at radius 1 is 1.27 bits per heavy atom. The maximum atomic E-state index is 12.6. The highest BCUT2D eigenvalue weighted by Crippen LogP contribution is 2.20. The second kappa shape index (κ2) is 9.23. The van der Waals surface area contributed by atoms with E-state index in [0.29, 0.717) is 5.76 Å². The van der Waals surface area contributed by atoms with E-state index in [-0.39, 0.29) is 34.6 Å². The summed E-state index contributed by atoms with van der Waals surface area (Å²) in [5, 5.41) is 10.4. The number of carbonyl (C=O) groups excluding carboxylic acids is 2. The average Bonchev–Trinajstić information content (AvgIpc) is 3.11. The molecule has 0 aliphatic carbocycles. The van der Waals surface area contributed by atoms with Crippen LogP contribution in [0.1, 0.15) is 23.2 Å². The van der Waals surface area contributed by atoms with Crippen LogP contribution < -0.4 is 15.6 Å². The molecule has 2 aromatic heterocycles. The van der Waals surface area contributed by atoms with Crippen molar-refractivity contribution in [1.29, 1.82) is 0 Å². The maximum absolute atomic E-state index is 12.6. The number of carbonyl (C=O) groups is 2. The van der Waals surface area contributed by atoms with Crippen molar-refractivity contribution >= 4 is 29.3 Å². The number of aromatic nitrogens is 3. The van der Waals surface area contributed by atoms with E-state index in [1.54, 1.807) is 38.1 Å². The van der Waals surface area contributed by atoms with E-state index in [1.807, 2.05) is 0 Å². The van der Waals surface area contributed by atoms with Gasteiger partial charge in [0.05, 0.1) is 23.4 Å². The molecule has 0 aliphatic rings. The Kier molecular flexibility index (Phi) is 6.48. The van der Waals surface area contributed by atoms with E-state index in [9.17, 15) is 14.4 Å². The number of hydrogen-bond acceptors (Lipinski definition) is 8. The van der Waals surface area contributed by atoms with E-state index in [4.69, 9.17) is 25.6 Å². The summed E-state index contributed by atoms with van der Waals surface area (Å²) in [6.07, 6.45) is 0. The Balaban J connectivity index is 1.88. The lowest BCUT2D eigenvalue weighted by Gasteiger charge is -2.13. The first-order chi connectivity index (χ1) is 14.4. The zero-order chi connectivity index (χ0) is 21.7. The molecule has 156 valence electrons. The lowest BCUT2D eigenvalue weighted by Crippen LogP contribution is -2.27. The number of benzene rings is 1. The van der Waals surface area contributed by atoms with Gasteiger partial charge in [-0.05, 0) is 26.0 Å². The molecule has 0 bridgehead atoms. The lowest BCUT2D eigenvalue weighted by molar-refractivity contribution is -0.118. The summed E-state index contributed by atoms with van der Waals surface area (Å²) >= 11 is 6.13. The van der Waals surface area contributed by atoms with Gasteiger partial charge in [0.1, 0.15) is 5.76 Å². The van der Waals surface area contributed by atoms with Crippen molar-refractivity contribution in [1.82, 2.24) is 14.9 Å². The molecular weight excluding hydrogens is 416 g/mol. The first-order valence-corrected chi connectivity index (χ1v) is 9.19. The number of anilines is 1. The van der Waals surface area contributed by atoms with Crippen LogP contribution in [-0.4, -0.2) is 40.0 Å². The summed E-state index contributed by atoms with van der Waals surface area (Å²) in [5.74, 6) is -0.871. The molecule has 30 heavy (non-hydrogen) atoms. The minimum atomic E-state index is -0.819. The molecule has 3 rings (SSSR count). The standard InChI is InChI=1S/C19H17ClN4O6/c1-3-28-19(27)18-14(29-10-16(25)21-15-8-11(2)30-23-15)9-17(26)24(22-18)13-7-5-4-6-12(13)20/h4-9H,3,10H2,1-2H3,(H,21,23,25). The Morgan fingerprint density at radius 2 is 2.03 bits per heavy atom. The van der Waals surface area contributed by atoms with Gasteiger partial charge in [0.2, 0.25) is 5.69 Å². The van der Waals surface area contributed by atoms with Crippen LogP contribution in [0.2, 0.25) is 5.02 Å². The zero-order valence-electron chi connectivity index (χ0n) is 16.0. The normalized spacial score (nSPS) is 10.5. The van der Waals surface area contributed by atoms with Gasteiger partial charge in [-0.2, -0.15) is 9.78 Å². The third-order valence-electron chi connectivity index (χ3n) is 3.70. The van der Waals surface area contributed by atoms with Gasteiger partial charge in [-0.15, -0.1) is 0 Å². The Labute approximate surface area is 175 Å². The minimum Gasteiger partial charge on any atom is -0.481 e. The number of ether oxygens (including phenoxy) is 2. The summed E-state index contributed by atoms with van der Waals surface area (Å²) in [5.41, 5.74) is -0.611. The lowest BCUT2D eigenvalue weighted by atomic mass is 10.3.